The molecule has 0 bridgehead atoms. The van der Waals surface area contributed by atoms with E-state index in [1.54, 1.807) is 4.90 Å². The molecule has 0 radical (unpaired) electrons. The number of hydrogen-bond donors (Lipinski definition) is 1. The minimum Gasteiger partial charge on any atom is -0.343 e. The van der Waals surface area contributed by atoms with Crippen LogP contribution in [-0.2, 0) is 16.1 Å². The molecule has 0 aromatic carbocycles. The van der Waals surface area contributed by atoms with Gasteiger partial charge in [-0.15, -0.1) is 0 Å². The third kappa shape index (κ3) is 2.94. The van der Waals surface area contributed by atoms with Crippen molar-refractivity contribution in [1.29, 1.82) is 0 Å². The fraction of sp³-hybridized carbons (Fsp3) is 0.615. The van der Waals surface area contributed by atoms with E-state index in [1.807, 2.05) is 37.7 Å². The maximum atomic E-state index is 12.1. The van der Waals surface area contributed by atoms with Crippen LogP contribution < -0.4 is 5.32 Å². The van der Waals surface area contributed by atoms with Gasteiger partial charge >= 0.3 is 0 Å². The summed E-state index contributed by atoms with van der Waals surface area (Å²) in [6, 6.07) is 1.78. The van der Waals surface area contributed by atoms with E-state index in [0.29, 0.717) is 13.0 Å². The summed E-state index contributed by atoms with van der Waals surface area (Å²) in [5.74, 6) is -0.129. The number of carbonyl (C=O) groups excluding carboxylic acids is 2. The number of hydrogen-bond acceptors (Lipinski definition) is 3. The largest absolute Gasteiger partial charge is 0.343 e. The molecule has 1 aliphatic rings. The first-order valence-corrected chi connectivity index (χ1v) is 6.63. The molecule has 1 atom stereocenters. The molecule has 6 heteroatoms. The van der Waals surface area contributed by atoms with Crippen molar-refractivity contribution < 1.29 is 9.59 Å². The highest BCUT2D eigenvalue weighted by Gasteiger charge is 2.31. The van der Waals surface area contributed by atoms with Crippen molar-refractivity contribution in [3.8, 4) is 0 Å². The molecule has 1 aromatic rings. The molecule has 1 saturated heterocycles. The molecule has 104 valence electrons. The van der Waals surface area contributed by atoms with E-state index < -0.39 is 6.04 Å². The molecular formula is C13H20N4O2. The third-order valence-corrected chi connectivity index (χ3v) is 3.23. The van der Waals surface area contributed by atoms with Gasteiger partial charge < -0.3 is 10.2 Å². The first kappa shape index (κ1) is 13.6. The van der Waals surface area contributed by atoms with Gasteiger partial charge in [0.2, 0.25) is 11.8 Å². The minimum atomic E-state index is -0.395. The van der Waals surface area contributed by atoms with E-state index >= 15 is 0 Å². The van der Waals surface area contributed by atoms with Gasteiger partial charge in [0, 0.05) is 12.2 Å². The van der Waals surface area contributed by atoms with Crippen LogP contribution in [0.25, 0.3) is 0 Å². The lowest BCUT2D eigenvalue weighted by molar-refractivity contribution is -0.145. The Balaban J connectivity index is 2.08. The molecule has 2 heterocycles. The van der Waals surface area contributed by atoms with Gasteiger partial charge in [0.05, 0.1) is 12.2 Å². The Bertz CT molecular complexity index is 481. The molecule has 1 N–H and O–H groups in total. The second-order valence-corrected chi connectivity index (χ2v) is 5.10. The molecule has 0 saturated carbocycles. The molecule has 1 aliphatic heterocycles. The highest BCUT2D eigenvalue weighted by atomic mass is 16.2. The molecule has 1 fully saturated rings. The maximum absolute atomic E-state index is 12.1. The lowest BCUT2D eigenvalue weighted by atomic mass is 10.1. The van der Waals surface area contributed by atoms with E-state index in [0.717, 1.165) is 5.69 Å². The summed E-state index contributed by atoms with van der Waals surface area (Å²) < 4.78 is 1.85. The lowest BCUT2D eigenvalue weighted by Crippen LogP contribution is -2.57. The van der Waals surface area contributed by atoms with Gasteiger partial charge in [-0.2, -0.15) is 5.10 Å². The predicted octanol–water partition coefficient (Wildman–Crippen LogP) is 0.701. The van der Waals surface area contributed by atoms with Crippen LogP contribution in [0.4, 0.5) is 0 Å². The van der Waals surface area contributed by atoms with Crippen molar-refractivity contribution >= 4 is 11.8 Å². The Hall–Kier alpha value is -1.85. The third-order valence-electron chi connectivity index (χ3n) is 3.23. The van der Waals surface area contributed by atoms with E-state index in [4.69, 9.17) is 0 Å². The summed E-state index contributed by atoms with van der Waals surface area (Å²) in [6.07, 6.45) is 2.51. The van der Waals surface area contributed by atoms with E-state index in [1.165, 1.54) is 0 Å². The highest BCUT2D eigenvalue weighted by Crippen LogP contribution is 2.11. The SMILES string of the molecule is CCC1NC(=O)CN(Cc2ccn(C(C)C)n2)C1=O. The Morgan fingerprint density at radius 1 is 1.47 bits per heavy atom. The number of rotatable bonds is 4. The van der Waals surface area contributed by atoms with Crippen LogP contribution in [-0.4, -0.2) is 39.1 Å². The van der Waals surface area contributed by atoms with Gasteiger partial charge in [-0.3, -0.25) is 14.3 Å². The fourth-order valence-corrected chi connectivity index (χ4v) is 2.13. The van der Waals surface area contributed by atoms with Crippen molar-refractivity contribution in [2.75, 3.05) is 6.54 Å². The Morgan fingerprint density at radius 2 is 2.21 bits per heavy atom. The summed E-state index contributed by atoms with van der Waals surface area (Å²) in [5, 5.41) is 7.10. The molecule has 2 rings (SSSR count). The number of nitrogens with zero attached hydrogens (tertiary/aromatic N) is 3. The minimum absolute atomic E-state index is 0.0267. The summed E-state index contributed by atoms with van der Waals surface area (Å²) in [7, 11) is 0. The van der Waals surface area contributed by atoms with Gasteiger partial charge in [0.25, 0.3) is 0 Å². The Kier molecular flexibility index (Phi) is 3.87. The smallest absolute Gasteiger partial charge is 0.245 e. The van der Waals surface area contributed by atoms with E-state index in [2.05, 4.69) is 10.4 Å². The standard InChI is InChI=1S/C13H20N4O2/c1-4-11-13(19)16(8-12(18)14-11)7-10-5-6-17(15-10)9(2)3/h5-6,9,11H,4,7-8H2,1-3H3,(H,14,18). The molecule has 1 unspecified atom stereocenters. The topological polar surface area (TPSA) is 67.2 Å². The zero-order chi connectivity index (χ0) is 14.0. The average Bonchev–Trinajstić information content (AvgIpc) is 2.82. The van der Waals surface area contributed by atoms with Crippen molar-refractivity contribution in [1.82, 2.24) is 20.0 Å². The first-order valence-electron chi connectivity index (χ1n) is 6.63. The monoisotopic (exact) mass is 264 g/mol. The average molecular weight is 264 g/mol. The quantitative estimate of drug-likeness (QED) is 0.870. The second kappa shape index (κ2) is 5.42. The van der Waals surface area contributed by atoms with E-state index in [9.17, 15) is 9.59 Å². The van der Waals surface area contributed by atoms with Crippen molar-refractivity contribution in [3.63, 3.8) is 0 Å². The number of amides is 2. The first-order chi connectivity index (χ1) is 9.01. The van der Waals surface area contributed by atoms with Crippen molar-refractivity contribution in [2.45, 2.75) is 45.8 Å². The van der Waals surface area contributed by atoms with Crippen LogP contribution >= 0.6 is 0 Å². The Morgan fingerprint density at radius 3 is 2.79 bits per heavy atom. The zero-order valence-electron chi connectivity index (χ0n) is 11.6. The number of carbonyl (C=O) groups is 2. The van der Waals surface area contributed by atoms with Crippen LogP contribution in [0.2, 0.25) is 0 Å². The van der Waals surface area contributed by atoms with Gasteiger partial charge in [-0.25, -0.2) is 0 Å². The summed E-state index contributed by atoms with van der Waals surface area (Å²) in [6.45, 7) is 6.49. The normalized spacial score (nSPS) is 20.0. The fourth-order valence-electron chi connectivity index (χ4n) is 2.13. The van der Waals surface area contributed by atoms with Crippen LogP contribution in [0.5, 0.6) is 0 Å². The molecule has 0 spiro atoms. The van der Waals surface area contributed by atoms with Crippen LogP contribution in [0.3, 0.4) is 0 Å². The van der Waals surface area contributed by atoms with Gasteiger partial charge in [-0.1, -0.05) is 6.92 Å². The second-order valence-electron chi connectivity index (χ2n) is 5.10. The predicted molar refractivity (Wildman–Crippen MR) is 70.3 cm³/mol. The van der Waals surface area contributed by atoms with Crippen LogP contribution in [0.15, 0.2) is 12.3 Å². The summed E-state index contributed by atoms with van der Waals surface area (Å²) >= 11 is 0. The van der Waals surface area contributed by atoms with Gasteiger partial charge in [0.1, 0.15) is 12.6 Å². The van der Waals surface area contributed by atoms with Gasteiger partial charge in [-0.05, 0) is 26.3 Å². The van der Waals surface area contributed by atoms with Gasteiger partial charge in [0.15, 0.2) is 0 Å². The van der Waals surface area contributed by atoms with Crippen molar-refractivity contribution in [2.24, 2.45) is 0 Å². The lowest BCUT2D eigenvalue weighted by Gasteiger charge is -2.31. The summed E-state index contributed by atoms with van der Waals surface area (Å²) in [4.78, 5) is 25.3. The van der Waals surface area contributed by atoms with E-state index in [-0.39, 0.29) is 24.4 Å². The molecule has 1 aromatic heterocycles. The number of aromatic nitrogens is 2. The van der Waals surface area contributed by atoms with Crippen LogP contribution in [0, 0.1) is 0 Å². The molecule has 2 amide bonds. The summed E-state index contributed by atoms with van der Waals surface area (Å²) in [5.41, 5.74) is 0.812. The zero-order valence-corrected chi connectivity index (χ0v) is 11.6. The number of piperazine rings is 1. The maximum Gasteiger partial charge on any atom is 0.245 e. The van der Waals surface area contributed by atoms with Crippen LogP contribution in [0.1, 0.15) is 38.9 Å². The molecular weight excluding hydrogens is 244 g/mol. The Labute approximate surface area is 112 Å². The van der Waals surface area contributed by atoms with Crippen molar-refractivity contribution in [3.05, 3.63) is 18.0 Å². The molecule has 19 heavy (non-hydrogen) atoms. The highest BCUT2D eigenvalue weighted by molar-refractivity contribution is 5.94. The number of nitrogens with one attached hydrogen (secondary N) is 1. The molecule has 0 aliphatic carbocycles. The molecule has 6 nitrogen and oxygen atoms in total.